The molecular formula is C26H16BrN. The third-order valence-corrected chi connectivity index (χ3v) is 6.11. The van der Waals surface area contributed by atoms with Gasteiger partial charge in [-0.25, -0.2) is 0 Å². The highest BCUT2D eigenvalue weighted by atomic mass is 79.9. The first kappa shape index (κ1) is 15.9. The van der Waals surface area contributed by atoms with E-state index in [-0.39, 0.29) is 0 Å². The molecule has 0 aliphatic rings. The fourth-order valence-electron chi connectivity index (χ4n) is 4.41. The van der Waals surface area contributed by atoms with Gasteiger partial charge in [-0.05, 0) is 35.0 Å². The number of benzene rings is 5. The first-order chi connectivity index (χ1) is 13.8. The Morgan fingerprint density at radius 3 is 2.11 bits per heavy atom. The summed E-state index contributed by atoms with van der Waals surface area (Å²) in [6, 6.07) is 34.9. The Morgan fingerprint density at radius 1 is 0.536 bits per heavy atom. The number of halogens is 1. The molecule has 0 bridgehead atoms. The lowest BCUT2D eigenvalue weighted by Crippen LogP contribution is -1.95. The van der Waals surface area contributed by atoms with Crippen molar-refractivity contribution in [2.75, 3.05) is 0 Å². The van der Waals surface area contributed by atoms with Gasteiger partial charge in [0.15, 0.2) is 0 Å². The van der Waals surface area contributed by atoms with Crippen LogP contribution in [0.15, 0.2) is 102 Å². The molecule has 28 heavy (non-hydrogen) atoms. The molecule has 1 heterocycles. The normalized spacial score (nSPS) is 11.8. The van der Waals surface area contributed by atoms with E-state index in [0.717, 1.165) is 4.47 Å². The van der Waals surface area contributed by atoms with Crippen molar-refractivity contribution in [1.29, 1.82) is 0 Å². The average Bonchev–Trinajstić information content (AvgIpc) is 3.07. The number of aromatic nitrogens is 1. The van der Waals surface area contributed by atoms with E-state index in [2.05, 4.69) is 118 Å². The summed E-state index contributed by atoms with van der Waals surface area (Å²) < 4.78 is 3.53. The molecule has 5 aromatic carbocycles. The van der Waals surface area contributed by atoms with Gasteiger partial charge < -0.3 is 4.57 Å². The van der Waals surface area contributed by atoms with E-state index in [9.17, 15) is 0 Å². The first-order valence-electron chi connectivity index (χ1n) is 9.41. The van der Waals surface area contributed by atoms with Crippen molar-refractivity contribution >= 4 is 59.3 Å². The summed E-state index contributed by atoms with van der Waals surface area (Å²) in [4.78, 5) is 0. The zero-order valence-electron chi connectivity index (χ0n) is 15.1. The Balaban J connectivity index is 1.91. The maximum Gasteiger partial charge on any atom is 0.0619 e. The summed E-state index contributed by atoms with van der Waals surface area (Å²) in [5.41, 5.74) is 3.71. The minimum atomic E-state index is 1.10. The minimum absolute atomic E-state index is 1.10. The summed E-state index contributed by atoms with van der Waals surface area (Å²) in [5, 5.41) is 7.61. The molecule has 0 radical (unpaired) electrons. The Morgan fingerprint density at radius 2 is 1.25 bits per heavy atom. The van der Waals surface area contributed by atoms with Crippen molar-refractivity contribution in [2.45, 2.75) is 0 Å². The second-order valence-corrected chi connectivity index (χ2v) is 8.09. The van der Waals surface area contributed by atoms with Crippen LogP contribution in [0, 0.1) is 0 Å². The van der Waals surface area contributed by atoms with Crippen molar-refractivity contribution in [3.8, 4) is 5.69 Å². The predicted molar refractivity (Wildman–Crippen MR) is 123 cm³/mol. The zero-order chi connectivity index (χ0) is 18.7. The van der Waals surface area contributed by atoms with Crippen molar-refractivity contribution < 1.29 is 0 Å². The smallest absolute Gasteiger partial charge is 0.0619 e. The SMILES string of the molecule is Brc1ccc2c(c1)c1ccc3ccccc3c1n2-c1cccc2ccccc12. The summed E-state index contributed by atoms with van der Waals surface area (Å²) >= 11 is 3.66. The third-order valence-electron chi connectivity index (χ3n) is 5.62. The van der Waals surface area contributed by atoms with E-state index in [1.807, 2.05) is 0 Å². The average molecular weight is 422 g/mol. The van der Waals surface area contributed by atoms with Gasteiger partial charge in [0.2, 0.25) is 0 Å². The Labute approximate surface area is 171 Å². The Hall–Kier alpha value is -3.10. The van der Waals surface area contributed by atoms with Gasteiger partial charge in [-0.15, -0.1) is 0 Å². The van der Waals surface area contributed by atoms with Gasteiger partial charge in [-0.1, -0.05) is 88.7 Å². The highest BCUT2D eigenvalue weighted by Gasteiger charge is 2.16. The van der Waals surface area contributed by atoms with Crippen LogP contribution in [0.1, 0.15) is 0 Å². The minimum Gasteiger partial charge on any atom is -0.308 e. The number of rotatable bonds is 1. The molecule has 0 saturated carbocycles. The second-order valence-electron chi connectivity index (χ2n) is 7.18. The largest absolute Gasteiger partial charge is 0.308 e. The summed E-state index contributed by atoms with van der Waals surface area (Å²) in [6.45, 7) is 0. The van der Waals surface area contributed by atoms with Crippen LogP contribution in [0.25, 0.3) is 49.0 Å². The summed E-state index contributed by atoms with van der Waals surface area (Å²) in [7, 11) is 0. The molecule has 1 aromatic heterocycles. The van der Waals surface area contributed by atoms with Crippen molar-refractivity contribution in [2.24, 2.45) is 0 Å². The van der Waals surface area contributed by atoms with Crippen LogP contribution in [-0.4, -0.2) is 4.57 Å². The molecule has 0 N–H and O–H groups in total. The molecule has 132 valence electrons. The zero-order valence-corrected chi connectivity index (χ0v) is 16.6. The van der Waals surface area contributed by atoms with Crippen LogP contribution >= 0.6 is 15.9 Å². The lowest BCUT2D eigenvalue weighted by atomic mass is 10.1. The van der Waals surface area contributed by atoms with Gasteiger partial charge in [-0.3, -0.25) is 0 Å². The van der Waals surface area contributed by atoms with Crippen LogP contribution < -0.4 is 0 Å². The molecule has 0 amide bonds. The second kappa shape index (κ2) is 5.95. The highest BCUT2D eigenvalue weighted by Crippen LogP contribution is 2.39. The fraction of sp³-hybridized carbons (Fsp3) is 0. The molecule has 0 aliphatic carbocycles. The van der Waals surface area contributed by atoms with Crippen molar-refractivity contribution in [3.05, 3.63) is 102 Å². The number of hydrogen-bond acceptors (Lipinski definition) is 0. The maximum absolute atomic E-state index is 3.66. The van der Waals surface area contributed by atoms with Gasteiger partial charge in [0.05, 0.1) is 16.7 Å². The molecule has 0 aliphatic heterocycles. The fourth-order valence-corrected chi connectivity index (χ4v) is 4.77. The monoisotopic (exact) mass is 421 g/mol. The predicted octanol–water partition coefficient (Wildman–Crippen LogP) is 7.85. The highest BCUT2D eigenvalue weighted by molar-refractivity contribution is 9.10. The Bertz CT molecular complexity index is 1520. The standard InChI is InChI=1S/C26H16BrN/c27-19-13-15-25-23(16-19)22-14-12-18-7-2-4-10-21(18)26(22)28(25)24-11-5-8-17-6-1-3-9-20(17)24/h1-16H. The van der Waals surface area contributed by atoms with Gasteiger partial charge in [0.1, 0.15) is 0 Å². The molecular weight excluding hydrogens is 406 g/mol. The van der Waals surface area contributed by atoms with Gasteiger partial charge in [0.25, 0.3) is 0 Å². The molecule has 6 aromatic rings. The van der Waals surface area contributed by atoms with E-state index >= 15 is 0 Å². The van der Waals surface area contributed by atoms with E-state index < -0.39 is 0 Å². The third kappa shape index (κ3) is 2.18. The lowest BCUT2D eigenvalue weighted by Gasteiger charge is -2.13. The molecule has 0 saturated heterocycles. The summed E-state index contributed by atoms with van der Waals surface area (Å²) in [5.74, 6) is 0. The van der Waals surface area contributed by atoms with Gasteiger partial charge in [-0.2, -0.15) is 0 Å². The number of fused-ring (bicyclic) bond motifs is 6. The molecule has 0 atom stereocenters. The number of hydrogen-bond donors (Lipinski definition) is 0. The molecule has 0 spiro atoms. The van der Waals surface area contributed by atoms with Gasteiger partial charge >= 0.3 is 0 Å². The van der Waals surface area contributed by atoms with Crippen LogP contribution in [0.4, 0.5) is 0 Å². The molecule has 6 rings (SSSR count). The van der Waals surface area contributed by atoms with Crippen molar-refractivity contribution in [3.63, 3.8) is 0 Å². The van der Waals surface area contributed by atoms with E-state index in [4.69, 9.17) is 0 Å². The van der Waals surface area contributed by atoms with Crippen LogP contribution in [0.5, 0.6) is 0 Å². The lowest BCUT2D eigenvalue weighted by molar-refractivity contribution is 1.20. The van der Waals surface area contributed by atoms with Gasteiger partial charge in [0, 0.05) is 26.0 Å². The molecule has 1 nitrogen and oxygen atoms in total. The first-order valence-corrected chi connectivity index (χ1v) is 10.2. The molecule has 0 fully saturated rings. The maximum atomic E-state index is 3.66. The van der Waals surface area contributed by atoms with E-state index in [1.165, 1.54) is 49.0 Å². The topological polar surface area (TPSA) is 4.93 Å². The van der Waals surface area contributed by atoms with E-state index in [1.54, 1.807) is 0 Å². The quantitative estimate of drug-likeness (QED) is 0.254. The van der Waals surface area contributed by atoms with Crippen molar-refractivity contribution in [1.82, 2.24) is 4.57 Å². The number of nitrogens with zero attached hydrogens (tertiary/aromatic N) is 1. The molecule has 0 unspecified atom stereocenters. The Kier molecular flexibility index (Phi) is 3.38. The van der Waals surface area contributed by atoms with Crippen LogP contribution in [0.3, 0.4) is 0 Å². The van der Waals surface area contributed by atoms with E-state index in [0.29, 0.717) is 0 Å². The summed E-state index contributed by atoms with van der Waals surface area (Å²) in [6.07, 6.45) is 0. The van der Waals surface area contributed by atoms with Crippen LogP contribution in [-0.2, 0) is 0 Å². The molecule has 2 heteroatoms. The van der Waals surface area contributed by atoms with Crippen LogP contribution in [0.2, 0.25) is 0 Å².